The number of anilines is 2. The predicted octanol–water partition coefficient (Wildman–Crippen LogP) is 9.12. The number of rotatable bonds is 47. The number of fused-ring (bicyclic) bond motifs is 4. The number of aliphatic imine (C=N–C) groups is 1. The summed E-state index contributed by atoms with van der Waals surface area (Å²) in [5.41, 5.74) is 3.95. The molecule has 8 rings (SSSR count). The number of hydrogen-bond acceptors (Lipinski definition) is 22. The number of unbranched alkanes of at least 4 members (excludes halogenated alkanes) is 2. The number of nitrogens with one attached hydrogen (secondary N) is 4. The number of aliphatic hydroxyl groups excluding tert-OH is 1. The summed E-state index contributed by atoms with van der Waals surface area (Å²) < 4.78 is 74.0. The second-order valence-electron chi connectivity index (χ2n) is 27.8. The summed E-state index contributed by atoms with van der Waals surface area (Å²) in [6.07, 6.45) is 16.4. The lowest BCUT2D eigenvalue weighted by Gasteiger charge is -2.31. The fourth-order valence-corrected chi connectivity index (χ4v) is 13.0. The Hall–Kier alpha value is -8.26. The van der Waals surface area contributed by atoms with E-state index in [2.05, 4.69) is 26.3 Å². The van der Waals surface area contributed by atoms with Gasteiger partial charge in [0.2, 0.25) is 23.6 Å². The van der Waals surface area contributed by atoms with Gasteiger partial charge in [0.25, 0.3) is 11.8 Å². The first-order chi connectivity index (χ1) is 52.4. The smallest absolute Gasteiger partial charge is 0.416 e. The number of benzene rings is 3. The van der Waals surface area contributed by atoms with Crippen LogP contribution < -0.4 is 45.1 Å². The number of carbonyl (C=O) groups is 7. The van der Waals surface area contributed by atoms with Crippen molar-refractivity contribution in [3.05, 3.63) is 88.8 Å². The number of methoxy groups -OCH3 is 2. The molecule has 0 bridgehead atoms. The molecule has 0 spiro atoms. The average Bonchev–Trinajstić information content (AvgIpc) is 1.59. The highest BCUT2D eigenvalue weighted by Gasteiger charge is 2.45. The van der Waals surface area contributed by atoms with Crippen LogP contribution in [0.1, 0.15) is 157 Å². The molecule has 1 aliphatic carbocycles. The SMILES string of the molecule is COc1cc2c(cc1OCCCCCOc1cc3c(cc1OC)C(=O)N1C=C(C)C[C@H]1[C@H](O)N3C(=O)OCc1ccc(NC(=O)[C@H](C)NC(=O)[C@@H](NC(=O)CCOCCOCCOCCOCCOCCOCCOCCOCCNC(=O)CC3CCCCCCCC3)C(C)C)cc1)N=C[C@@H]1CC(C)=CN1C2=O. The molecule has 596 valence electrons. The Balaban J connectivity index is 0.645. The summed E-state index contributed by atoms with van der Waals surface area (Å²) in [4.78, 5) is 103. The van der Waals surface area contributed by atoms with Crippen LogP contribution in [0.5, 0.6) is 23.0 Å². The van der Waals surface area contributed by atoms with E-state index in [1.54, 1.807) is 67.6 Å². The van der Waals surface area contributed by atoms with E-state index in [0.29, 0.717) is 178 Å². The molecule has 0 aromatic heterocycles. The molecule has 29 heteroatoms. The van der Waals surface area contributed by atoms with Crippen molar-refractivity contribution in [1.82, 2.24) is 25.8 Å². The van der Waals surface area contributed by atoms with Gasteiger partial charge in [-0.15, -0.1) is 0 Å². The first-order valence-corrected chi connectivity index (χ1v) is 38.2. The molecule has 0 unspecified atom stereocenters. The van der Waals surface area contributed by atoms with Crippen molar-refractivity contribution in [1.29, 1.82) is 0 Å². The molecule has 1 fully saturated rings. The normalized spacial score (nSPS) is 17.7. The van der Waals surface area contributed by atoms with Gasteiger partial charge >= 0.3 is 6.09 Å². The zero-order valence-electron chi connectivity index (χ0n) is 64.0. The fraction of sp³-hybridized carbons (Fsp3) is 0.620. The number of aliphatic hydroxyl groups is 1. The first-order valence-electron chi connectivity index (χ1n) is 38.2. The van der Waals surface area contributed by atoms with E-state index in [9.17, 15) is 38.7 Å². The number of nitrogens with zero attached hydrogens (tertiary/aromatic N) is 4. The topological polar surface area (TPSA) is 330 Å². The maximum atomic E-state index is 14.3. The molecule has 108 heavy (non-hydrogen) atoms. The molecule has 5 N–H and O–H groups in total. The third kappa shape index (κ3) is 27.4. The average molecular weight is 1510 g/mol. The summed E-state index contributed by atoms with van der Waals surface area (Å²) in [6.45, 7) is 16.0. The van der Waals surface area contributed by atoms with E-state index in [1.165, 1.54) is 76.7 Å². The first kappa shape index (κ1) is 85.3. The summed E-state index contributed by atoms with van der Waals surface area (Å²) >= 11 is 0. The van der Waals surface area contributed by atoms with Gasteiger partial charge in [-0.25, -0.2) is 9.69 Å². The number of amides is 7. The van der Waals surface area contributed by atoms with Gasteiger partial charge in [-0.1, -0.05) is 75.7 Å². The second kappa shape index (κ2) is 46.3. The highest BCUT2D eigenvalue weighted by atomic mass is 16.6. The number of ether oxygens (including phenoxy) is 13. The molecule has 1 saturated carbocycles. The summed E-state index contributed by atoms with van der Waals surface area (Å²) in [5.74, 6) is -0.368. The van der Waals surface area contributed by atoms with Gasteiger partial charge in [-0.3, -0.25) is 33.8 Å². The lowest BCUT2D eigenvalue weighted by molar-refractivity contribution is -0.132. The van der Waals surface area contributed by atoms with E-state index in [4.69, 9.17) is 61.6 Å². The van der Waals surface area contributed by atoms with Crippen LogP contribution >= 0.6 is 0 Å². The van der Waals surface area contributed by atoms with Crippen LogP contribution in [-0.4, -0.2) is 233 Å². The van der Waals surface area contributed by atoms with Crippen molar-refractivity contribution in [3.63, 3.8) is 0 Å². The van der Waals surface area contributed by atoms with Crippen LogP contribution in [0, 0.1) is 11.8 Å². The Kier molecular flexibility index (Phi) is 36.6. The number of hydrogen-bond donors (Lipinski definition) is 5. The fourth-order valence-electron chi connectivity index (χ4n) is 13.0. The molecule has 4 heterocycles. The van der Waals surface area contributed by atoms with Crippen molar-refractivity contribution >= 4 is 64.8 Å². The van der Waals surface area contributed by atoms with E-state index in [-0.39, 0.29) is 79.4 Å². The third-order valence-electron chi connectivity index (χ3n) is 18.9. The van der Waals surface area contributed by atoms with Crippen LogP contribution in [0.15, 0.2) is 77.1 Å². The maximum Gasteiger partial charge on any atom is 0.416 e. The summed E-state index contributed by atoms with van der Waals surface area (Å²) in [7, 11) is 2.97. The minimum atomic E-state index is -1.52. The Morgan fingerprint density at radius 1 is 0.565 bits per heavy atom. The number of carbonyl (C=O) groups excluding carboxylic acids is 7. The van der Waals surface area contributed by atoms with Gasteiger partial charge in [-0.05, 0) is 107 Å². The van der Waals surface area contributed by atoms with Crippen LogP contribution in [0.3, 0.4) is 0 Å². The van der Waals surface area contributed by atoms with Gasteiger partial charge in [0.1, 0.15) is 18.7 Å². The minimum absolute atomic E-state index is 0.00272. The quantitative estimate of drug-likeness (QED) is 0.0329. The molecule has 5 atom stereocenters. The predicted molar refractivity (Wildman–Crippen MR) is 403 cm³/mol. The van der Waals surface area contributed by atoms with Crippen LogP contribution in [0.2, 0.25) is 0 Å². The van der Waals surface area contributed by atoms with Crippen molar-refractivity contribution in [2.24, 2.45) is 16.8 Å². The monoisotopic (exact) mass is 1510 g/mol. The van der Waals surface area contributed by atoms with E-state index >= 15 is 0 Å². The Labute approximate surface area is 634 Å². The van der Waals surface area contributed by atoms with E-state index in [0.717, 1.165) is 35.3 Å². The second-order valence-corrected chi connectivity index (χ2v) is 27.8. The van der Waals surface area contributed by atoms with Crippen LogP contribution in [-0.2, 0) is 68.4 Å². The molecule has 4 aliphatic heterocycles. The zero-order chi connectivity index (χ0) is 77.0. The standard InChI is InChI=1S/C79H114N8O21/c1-54(2)73(84-71(88)23-27-98-29-31-100-33-35-102-37-39-104-41-42-105-40-38-103-36-34-101-32-30-99-28-24-80-72(89)45-58-17-13-10-8-9-11-14-18-58)75(91)82-57(5)74(90)83-60-21-19-59(20-22-60)53-108-79(95)87-65-49-70(68(97-7)47-63(65)77(93)86-52-56(4)44-66(86)78(87)94)107-26-16-12-15-25-106-69-48-64-62(46-67(69)96-6)76(92)85-51-55(3)43-61(85)50-81-64/h19-22,46-52,54,57-58,61,66,73,78,94H,8-18,23-45,53H2,1-7H3,(H,80,89)(H,82,91)(H,83,90)(H,84,88)/t57-,61-,66-,73-,78-/m0/s1. The third-order valence-corrected chi connectivity index (χ3v) is 18.9. The summed E-state index contributed by atoms with van der Waals surface area (Å²) in [6, 6.07) is 10.0. The van der Waals surface area contributed by atoms with Crippen molar-refractivity contribution in [2.75, 3.05) is 150 Å². The molecular weight excluding hydrogens is 1400 g/mol. The largest absolute Gasteiger partial charge is 0.493 e. The van der Waals surface area contributed by atoms with Gasteiger partial charge in [0.05, 0.1) is 168 Å². The van der Waals surface area contributed by atoms with Crippen LogP contribution in [0.4, 0.5) is 21.9 Å². The van der Waals surface area contributed by atoms with E-state index < -0.39 is 54.1 Å². The summed E-state index contributed by atoms with van der Waals surface area (Å²) in [5, 5.41) is 23.2. The molecule has 0 saturated heterocycles. The molecule has 29 nitrogen and oxygen atoms in total. The lowest BCUT2D eigenvalue weighted by Crippen LogP contribution is -2.53. The molecule has 3 aromatic rings. The molecule has 5 aliphatic rings. The van der Waals surface area contributed by atoms with Crippen LogP contribution in [0.25, 0.3) is 0 Å². The van der Waals surface area contributed by atoms with Gasteiger partial charge in [-0.2, -0.15) is 0 Å². The highest BCUT2D eigenvalue weighted by molar-refractivity contribution is 6.07. The Morgan fingerprint density at radius 2 is 1.08 bits per heavy atom. The van der Waals surface area contributed by atoms with E-state index in [1.807, 2.05) is 20.0 Å². The maximum absolute atomic E-state index is 14.3. The zero-order valence-corrected chi connectivity index (χ0v) is 64.0. The van der Waals surface area contributed by atoms with Gasteiger partial charge < -0.3 is 97.8 Å². The molecule has 3 aromatic carbocycles. The molecule has 7 amide bonds. The Bertz CT molecular complexity index is 3450. The Morgan fingerprint density at radius 3 is 1.66 bits per heavy atom. The van der Waals surface area contributed by atoms with Crippen molar-refractivity contribution in [2.45, 2.75) is 168 Å². The molecule has 0 radical (unpaired) electrons. The minimum Gasteiger partial charge on any atom is -0.493 e. The van der Waals surface area contributed by atoms with Gasteiger partial charge in [0.15, 0.2) is 29.2 Å². The van der Waals surface area contributed by atoms with Crippen molar-refractivity contribution < 1.29 is 100 Å². The van der Waals surface area contributed by atoms with Gasteiger partial charge in [0, 0.05) is 55.8 Å². The van der Waals surface area contributed by atoms with Crippen molar-refractivity contribution in [3.8, 4) is 23.0 Å². The highest BCUT2D eigenvalue weighted by Crippen LogP contribution is 2.43. The molecular formula is C79H114N8O21. The lowest BCUT2D eigenvalue weighted by atomic mass is 9.93.